The first-order chi connectivity index (χ1) is 10.2. The Bertz CT molecular complexity index is 584. The smallest absolute Gasteiger partial charge is 0.325 e. The van der Waals surface area contributed by atoms with Crippen LogP contribution in [-0.2, 0) is 16.1 Å². The summed E-state index contributed by atoms with van der Waals surface area (Å²) >= 11 is 1.35. The van der Waals surface area contributed by atoms with Crippen molar-refractivity contribution in [1.82, 2.24) is 9.88 Å². The van der Waals surface area contributed by atoms with Gasteiger partial charge in [-0.1, -0.05) is 30.3 Å². The van der Waals surface area contributed by atoms with Gasteiger partial charge in [-0.2, -0.15) is 0 Å². The first-order valence-corrected chi connectivity index (χ1v) is 7.52. The van der Waals surface area contributed by atoms with Gasteiger partial charge in [0, 0.05) is 11.9 Å². The molecule has 0 N–H and O–H groups in total. The van der Waals surface area contributed by atoms with Gasteiger partial charge in [0.15, 0.2) is 0 Å². The second-order valence-electron chi connectivity index (χ2n) is 4.33. The van der Waals surface area contributed by atoms with Gasteiger partial charge in [0.25, 0.3) is 5.91 Å². The maximum atomic E-state index is 12.4. The standard InChI is InChI=1S/C15H16N2O3S/c1-2-20-14(18)9-17(8-12-6-4-3-5-7-12)15(19)13-10-21-11-16-13/h3-7,10-11H,2,8-9H2,1H3. The maximum absolute atomic E-state index is 12.4. The minimum atomic E-state index is -0.419. The van der Waals surface area contributed by atoms with Crippen molar-refractivity contribution in [3.63, 3.8) is 0 Å². The summed E-state index contributed by atoms with van der Waals surface area (Å²) < 4.78 is 4.93. The molecule has 0 radical (unpaired) electrons. The predicted octanol–water partition coefficient (Wildman–Crippen LogP) is 2.35. The molecule has 0 aliphatic carbocycles. The van der Waals surface area contributed by atoms with Crippen LogP contribution >= 0.6 is 11.3 Å². The summed E-state index contributed by atoms with van der Waals surface area (Å²) in [6.07, 6.45) is 0. The molecular formula is C15H16N2O3S. The number of carbonyl (C=O) groups excluding carboxylic acids is 2. The molecule has 2 rings (SSSR count). The van der Waals surface area contributed by atoms with E-state index in [2.05, 4.69) is 4.98 Å². The van der Waals surface area contributed by atoms with Crippen LogP contribution in [0.1, 0.15) is 23.0 Å². The van der Waals surface area contributed by atoms with E-state index in [0.717, 1.165) is 5.56 Å². The highest BCUT2D eigenvalue weighted by molar-refractivity contribution is 7.07. The number of esters is 1. The number of hydrogen-bond donors (Lipinski definition) is 0. The number of benzene rings is 1. The van der Waals surface area contributed by atoms with E-state index in [-0.39, 0.29) is 12.5 Å². The monoisotopic (exact) mass is 304 g/mol. The summed E-state index contributed by atoms with van der Waals surface area (Å²) in [7, 11) is 0. The van der Waals surface area contributed by atoms with Crippen molar-refractivity contribution in [3.8, 4) is 0 Å². The fraction of sp³-hybridized carbons (Fsp3) is 0.267. The number of amides is 1. The number of hydrogen-bond acceptors (Lipinski definition) is 5. The van der Waals surface area contributed by atoms with Crippen LogP contribution in [0.2, 0.25) is 0 Å². The van der Waals surface area contributed by atoms with Crippen molar-refractivity contribution in [2.45, 2.75) is 13.5 Å². The lowest BCUT2D eigenvalue weighted by Gasteiger charge is -2.21. The largest absolute Gasteiger partial charge is 0.465 e. The average Bonchev–Trinajstić information content (AvgIpc) is 3.01. The first-order valence-electron chi connectivity index (χ1n) is 6.57. The van der Waals surface area contributed by atoms with Gasteiger partial charge in [-0.3, -0.25) is 9.59 Å². The van der Waals surface area contributed by atoms with Crippen molar-refractivity contribution >= 4 is 23.2 Å². The van der Waals surface area contributed by atoms with Gasteiger partial charge in [-0.15, -0.1) is 11.3 Å². The van der Waals surface area contributed by atoms with Crippen molar-refractivity contribution in [3.05, 3.63) is 52.5 Å². The summed E-state index contributed by atoms with van der Waals surface area (Å²) in [6.45, 7) is 2.29. The molecule has 0 saturated carbocycles. The van der Waals surface area contributed by atoms with Crippen LogP contribution in [0.3, 0.4) is 0 Å². The third kappa shape index (κ3) is 4.39. The lowest BCUT2D eigenvalue weighted by molar-refractivity contribution is -0.143. The van der Waals surface area contributed by atoms with Gasteiger partial charge in [-0.25, -0.2) is 4.98 Å². The SMILES string of the molecule is CCOC(=O)CN(Cc1ccccc1)C(=O)c1cscn1. The Balaban J connectivity index is 2.13. The van der Waals surface area contributed by atoms with E-state index in [1.165, 1.54) is 16.2 Å². The Morgan fingerprint density at radius 1 is 1.29 bits per heavy atom. The molecule has 0 fully saturated rings. The summed E-state index contributed by atoms with van der Waals surface area (Å²) in [5.74, 6) is -0.690. The minimum Gasteiger partial charge on any atom is -0.465 e. The Labute approximate surface area is 127 Å². The van der Waals surface area contributed by atoms with Gasteiger partial charge in [0.2, 0.25) is 0 Å². The molecule has 0 atom stereocenters. The molecule has 2 aromatic rings. The van der Waals surface area contributed by atoms with Crippen LogP contribution in [0, 0.1) is 0 Å². The van der Waals surface area contributed by atoms with E-state index in [4.69, 9.17) is 4.74 Å². The normalized spacial score (nSPS) is 10.1. The Morgan fingerprint density at radius 3 is 2.67 bits per heavy atom. The zero-order valence-electron chi connectivity index (χ0n) is 11.7. The second-order valence-corrected chi connectivity index (χ2v) is 5.04. The Morgan fingerprint density at radius 2 is 2.05 bits per heavy atom. The van der Waals surface area contributed by atoms with Gasteiger partial charge < -0.3 is 9.64 Å². The molecule has 110 valence electrons. The third-order valence-electron chi connectivity index (χ3n) is 2.78. The second kappa shape index (κ2) is 7.54. The highest BCUT2D eigenvalue weighted by Crippen LogP contribution is 2.10. The molecule has 0 spiro atoms. The molecule has 21 heavy (non-hydrogen) atoms. The molecule has 0 saturated heterocycles. The molecule has 1 heterocycles. The quantitative estimate of drug-likeness (QED) is 0.769. The van der Waals surface area contributed by atoms with Gasteiger partial charge in [0.05, 0.1) is 12.1 Å². The molecule has 1 amide bonds. The molecule has 0 aliphatic heterocycles. The van der Waals surface area contributed by atoms with E-state index in [1.807, 2.05) is 30.3 Å². The molecular weight excluding hydrogens is 288 g/mol. The highest BCUT2D eigenvalue weighted by Gasteiger charge is 2.21. The molecule has 1 aromatic heterocycles. The van der Waals surface area contributed by atoms with E-state index in [0.29, 0.717) is 18.8 Å². The third-order valence-corrected chi connectivity index (χ3v) is 3.37. The van der Waals surface area contributed by atoms with E-state index >= 15 is 0 Å². The average molecular weight is 304 g/mol. The molecule has 6 heteroatoms. The summed E-state index contributed by atoms with van der Waals surface area (Å²) in [4.78, 5) is 29.6. The van der Waals surface area contributed by atoms with Crippen LogP contribution in [0.25, 0.3) is 0 Å². The minimum absolute atomic E-state index is 0.0842. The van der Waals surface area contributed by atoms with Gasteiger partial charge >= 0.3 is 5.97 Å². The van der Waals surface area contributed by atoms with Gasteiger partial charge in [-0.05, 0) is 12.5 Å². The Kier molecular flexibility index (Phi) is 5.45. The van der Waals surface area contributed by atoms with Crippen molar-refractivity contribution in [2.24, 2.45) is 0 Å². The zero-order chi connectivity index (χ0) is 15.1. The van der Waals surface area contributed by atoms with Crippen molar-refractivity contribution < 1.29 is 14.3 Å². The summed E-state index contributed by atoms with van der Waals surface area (Å²) in [5.41, 5.74) is 2.89. The Hall–Kier alpha value is -2.21. The van der Waals surface area contributed by atoms with Crippen molar-refractivity contribution in [1.29, 1.82) is 0 Å². The maximum Gasteiger partial charge on any atom is 0.325 e. The van der Waals surface area contributed by atoms with Crippen LogP contribution in [0.4, 0.5) is 0 Å². The lowest BCUT2D eigenvalue weighted by Crippen LogP contribution is -2.36. The highest BCUT2D eigenvalue weighted by atomic mass is 32.1. The van der Waals surface area contributed by atoms with Crippen LogP contribution < -0.4 is 0 Å². The van der Waals surface area contributed by atoms with Crippen LogP contribution in [-0.4, -0.2) is 34.9 Å². The molecule has 0 aliphatic rings. The van der Waals surface area contributed by atoms with E-state index in [1.54, 1.807) is 17.8 Å². The topological polar surface area (TPSA) is 59.5 Å². The van der Waals surface area contributed by atoms with Crippen LogP contribution in [0.5, 0.6) is 0 Å². The first kappa shape index (κ1) is 15.2. The van der Waals surface area contributed by atoms with Crippen molar-refractivity contribution in [2.75, 3.05) is 13.2 Å². The fourth-order valence-electron chi connectivity index (χ4n) is 1.85. The van der Waals surface area contributed by atoms with E-state index in [9.17, 15) is 9.59 Å². The van der Waals surface area contributed by atoms with Gasteiger partial charge in [0.1, 0.15) is 12.2 Å². The summed E-state index contributed by atoms with van der Waals surface area (Å²) in [5, 5.41) is 1.67. The lowest BCUT2D eigenvalue weighted by atomic mass is 10.2. The number of carbonyl (C=O) groups is 2. The summed E-state index contributed by atoms with van der Waals surface area (Å²) in [6, 6.07) is 9.51. The number of thiazole rings is 1. The number of ether oxygens (including phenoxy) is 1. The van der Waals surface area contributed by atoms with E-state index < -0.39 is 5.97 Å². The molecule has 0 bridgehead atoms. The molecule has 5 nitrogen and oxygen atoms in total. The zero-order valence-corrected chi connectivity index (χ0v) is 12.5. The number of nitrogens with zero attached hydrogens (tertiary/aromatic N) is 2. The molecule has 0 unspecified atom stereocenters. The predicted molar refractivity (Wildman–Crippen MR) is 79.9 cm³/mol. The number of aromatic nitrogens is 1. The molecule has 1 aromatic carbocycles. The number of rotatable bonds is 6. The fourth-order valence-corrected chi connectivity index (χ4v) is 2.37. The van der Waals surface area contributed by atoms with Crippen LogP contribution in [0.15, 0.2) is 41.2 Å².